The molecular formula is C7H2BrClFN5O2. The molecule has 88 valence electrons. The van der Waals surface area contributed by atoms with Gasteiger partial charge in [-0.1, -0.05) is 11.6 Å². The highest BCUT2D eigenvalue weighted by molar-refractivity contribution is 9.10. The summed E-state index contributed by atoms with van der Waals surface area (Å²) < 4.78 is 14.3. The van der Waals surface area contributed by atoms with Crippen LogP contribution in [0.15, 0.2) is 17.0 Å². The minimum Gasteiger partial charge on any atom is -0.390 e. The van der Waals surface area contributed by atoms with Gasteiger partial charge in [0.25, 0.3) is 4.73 Å². The summed E-state index contributed by atoms with van der Waals surface area (Å²) in [6, 6.07) is 1.02. The van der Waals surface area contributed by atoms with E-state index in [1.165, 1.54) is 6.20 Å². The van der Waals surface area contributed by atoms with Crippen LogP contribution in [0, 0.1) is 15.9 Å². The zero-order valence-corrected chi connectivity index (χ0v) is 10.2. The molecule has 0 N–H and O–H groups in total. The van der Waals surface area contributed by atoms with E-state index in [0.29, 0.717) is 0 Å². The molecule has 0 aliphatic carbocycles. The van der Waals surface area contributed by atoms with Gasteiger partial charge in [-0.3, -0.25) is 0 Å². The first-order valence-corrected chi connectivity index (χ1v) is 5.24. The zero-order valence-electron chi connectivity index (χ0n) is 7.84. The molecule has 17 heavy (non-hydrogen) atoms. The standard InChI is InChI=1S/C7H2BrClFN5O2/c8-6-12-7(15(16)17)13-14(6)5-4(10)1-3(9)2-11-5/h1-2H. The third-order valence-corrected chi connectivity index (χ3v) is 2.43. The van der Waals surface area contributed by atoms with Crippen LogP contribution in [0.1, 0.15) is 0 Å². The molecule has 0 unspecified atom stereocenters. The Kier molecular flexibility index (Phi) is 3.03. The summed E-state index contributed by atoms with van der Waals surface area (Å²) >= 11 is 8.45. The van der Waals surface area contributed by atoms with Crippen LogP contribution in [-0.4, -0.2) is 24.7 Å². The van der Waals surface area contributed by atoms with Crippen molar-refractivity contribution in [2.24, 2.45) is 0 Å². The number of aromatic nitrogens is 4. The van der Waals surface area contributed by atoms with Gasteiger partial charge in [-0.05, 0) is 16.0 Å². The minimum atomic E-state index is -0.797. The molecule has 0 bridgehead atoms. The van der Waals surface area contributed by atoms with Gasteiger partial charge in [-0.2, -0.15) is 0 Å². The Labute approximate surface area is 107 Å². The number of hydrogen-bond donors (Lipinski definition) is 0. The summed E-state index contributed by atoms with van der Waals surface area (Å²) in [5.74, 6) is -1.66. The summed E-state index contributed by atoms with van der Waals surface area (Å²) in [5.41, 5.74) is 0. The molecule has 0 amide bonds. The summed E-state index contributed by atoms with van der Waals surface area (Å²) in [6.07, 6.45) is 1.19. The normalized spacial score (nSPS) is 10.5. The topological polar surface area (TPSA) is 86.7 Å². The van der Waals surface area contributed by atoms with Gasteiger partial charge < -0.3 is 10.1 Å². The number of pyridine rings is 1. The van der Waals surface area contributed by atoms with Crippen LogP contribution < -0.4 is 0 Å². The second-order valence-electron chi connectivity index (χ2n) is 2.81. The lowest BCUT2D eigenvalue weighted by Gasteiger charge is -1.98. The SMILES string of the molecule is O=[N+]([O-])c1nc(Br)n(-c2ncc(Cl)cc2F)n1. The molecule has 0 saturated carbocycles. The molecule has 0 aliphatic heterocycles. The van der Waals surface area contributed by atoms with Gasteiger partial charge in [0.1, 0.15) is 0 Å². The maximum Gasteiger partial charge on any atom is 0.492 e. The largest absolute Gasteiger partial charge is 0.492 e. The second-order valence-corrected chi connectivity index (χ2v) is 3.95. The summed E-state index contributed by atoms with van der Waals surface area (Å²) in [4.78, 5) is 16.8. The van der Waals surface area contributed by atoms with E-state index in [1.807, 2.05) is 0 Å². The quantitative estimate of drug-likeness (QED) is 0.624. The van der Waals surface area contributed by atoms with E-state index in [2.05, 4.69) is 31.0 Å². The molecule has 2 aromatic rings. The highest BCUT2D eigenvalue weighted by Crippen LogP contribution is 2.20. The summed E-state index contributed by atoms with van der Waals surface area (Å²) in [5, 5.41) is 14.0. The van der Waals surface area contributed by atoms with E-state index < -0.39 is 16.7 Å². The van der Waals surface area contributed by atoms with E-state index in [4.69, 9.17) is 11.6 Å². The molecule has 0 atom stereocenters. The average Bonchev–Trinajstić information content (AvgIpc) is 2.61. The maximum atomic E-state index is 13.5. The molecule has 7 nitrogen and oxygen atoms in total. The molecule has 10 heteroatoms. The minimum absolute atomic E-state index is 0.0297. The predicted octanol–water partition coefficient (Wildman–Crippen LogP) is 2.13. The Morgan fingerprint density at radius 1 is 1.59 bits per heavy atom. The predicted molar refractivity (Wildman–Crippen MR) is 58.5 cm³/mol. The van der Waals surface area contributed by atoms with Crippen LogP contribution in [0.2, 0.25) is 5.02 Å². The fraction of sp³-hybridized carbons (Fsp3) is 0. The molecule has 0 aliphatic rings. The summed E-state index contributed by atoms with van der Waals surface area (Å²) in [7, 11) is 0. The lowest BCUT2D eigenvalue weighted by atomic mass is 10.4. The van der Waals surface area contributed by atoms with E-state index in [1.54, 1.807) is 0 Å². The number of hydrogen-bond acceptors (Lipinski definition) is 5. The van der Waals surface area contributed by atoms with Crippen LogP contribution in [0.3, 0.4) is 0 Å². The van der Waals surface area contributed by atoms with E-state index >= 15 is 0 Å². The van der Waals surface area contributed by atoms with E-state index in [-0.39, 0.29) is 15.6 Å². The fourth-order valence-electron chi connectivity index (χ4n) is 1.06. The molecule has 0 saturated heterocycles. The van der Waals surface area contributed by atoms with Crippen LogP contribution in [0.4, 0.5) is 10.3 Å². The van der Waals surface area contributed by atoms with Crippen molar-refractivity contribution in [2.45, 2.75) is 0 Å². The lowest BCUT2D eigenvalue weighted by molar-refractivity contribution is -0.394. The monoisotopic (exact) mass is 321 g/mol. The van der Waals surface area contributed by atoms with Gasteiger partial charge >= 0.3 is 5.95 Å². The Bertz CT molecular complexity index is 604. The van der Waals surface area contributed by atoms with Crippen molar-refractivity contribution < 1.29 is 9.31 Å². The molecule has 2 rings (SSSR count). The highest BCUT2D eigenvalue weighted by Gasteiger charge is 2.23. The fourth-order valence-corrected chi connectivity index (χ4v) is 1.61. The molecule has 2 aromatic heterocycles. The van der Waals surface area contributed by atoms with Crippen molar-refractivity contribution >= 4 is 33.5 Å². The van der Waals surface area contributed by atoms with Crippen LogP contribution in [0.25, 0.3) is 5.82 Å². The number of rotatable bonds is 2. The third kappa shape index (κ3) is 2.24. The van der Waals surface area contributed by atoms with E-state index in [0.717, 1.165) is 10.7 Å². The first-order valence-electron chi connectivity index (χ1n) is 4.07. The summed E-state index contributed by atoms with van der Waals surface area (Å²) in [6.45, 7) is 0. The maximum absolute atomic E-state index is 13.5. The van der Waals surface area contributed by atoms with Crippen LogP contribution in [-0.2, 0) is 0 Å². The highest BCUT2D eigenvalue weighted by atomic mass is 79.9. The first-order chi connectivity index (χ1) is 7.99. The van der Waals surface area contributed by atoms with Gasteiger partial charge in [0.2, 0.25) is 5.82 Å². The molecular weight excluding hydrogens is 320 g/mol. The Hall–Kier alpha value is -1.61. The smallest absolute Gasteiger partial charge is 0.390 e. The Morgan fingerprint density at radius 2 is 2.29 bits per heavy atom. The van der Waals surface area contributed by atoms with Gasteiger partial charge in [-0.15, -0.1) is 4.68 Å². The Balaban J connectivity index is 2.56. The van der Waals surface area contributed by atoms with Crippen molar-refractivity contribution in [1.82, 2.24) is 19.7 Å². The number of halogens is 3. The first kappa shape index (κ1) is 11.9. The van der Waals surface area contributed by atoms with Crippen molar-refractivity contribution in [2.75, 3.05) is 0 Å². The van der Waals surface area contributed by atoms with Gasteiger partial charge in [-0.25, -0.2) is 9.37 Å². The van der Waals surface area contributed by atoms with Gasteiger partial charge in [0.05, 0.1) is 5.02 Å². The average molecular weight is 322 g/mol. The second kappa shape index (κ2) is 4.34. The van der Waals surface area contributed by atoms with Crippen molar-refractivity contribution in [3.8, 4) is 5.82 Å². The molecule has 0 aromatic carbocycles. The number of nitro groups is 1. The molecule has 0 fully saturated rings. The number of nitrogens with zero attached hydrogens (tertiary/aromatic N) is 5. The molecule has 0 radical (unpaired) electrons. The molecule has 2 heterocycles. The van der Waals surface area contributed by atoms with Crippen molar-refractivity contribution in [3.63, 3.8) is 0 Å². The van der Waals surface area contributed by atoms with Crippen molar-refractivity contribution in [3.05, 3.63) is 38.0 Å². The Morgan fingerprint density at radius 3 is 2.82 bits per heavy atom. The van der Waals surface area contributed by atoms with Gasteiger partial charge in [0.15, 0.2) is 5.82 Å². The van der Waals surface area contributed by atoms with E-state index in [9.17, 15) is 14.5 Å². The van der Waals surface area contributed by atoms with Crippen LogP contribution in [0.5, 0.6) is 0 Å². The zero-order chi connectivity index (χ0) is 12.6. The third-order valence-electron chi connectivity index (χ3n) is 1.71. The van der Waals surface area contributed by atoms with Crippen LogP contribution >= 0.6 is 27.5 Å². The van der Waals surface area contributed by atoms with Crippen molar-refractivity contribution in [1.29, 1.82) is 0 Å². The lowest BCUT2D eigenvalue weighted by Crippen LogP contribution is -2.03. The molecule has 0 spiro atoms. The van der Waals surface area contributed by atoms with Gasteiger partial charge in [0, 0.05) is 27.2 Å².